The summed E-state index contributed by atoms with van der Waals surface area (Å²) >= 11 is 0. The van der Waals surface area contributed by atoms with Crippen LogP contribution in [0.3, 0.4) is 0 Å². The van der Waals surface area contributed by atoms with Crippen LogP contribution in [-0.4, -0.2) is 0 Å². The summed E-state index contributed by atoms with van der Waals surface area (Å²) in [6.45, 7) is 4.21. The van der Waals surface area contributed by atoms with Crippen molar-refractivity contribution in [3.8, 4) is 0 Å². The van der Waals surface area contributed by atoms with Crippen LogP contribution in [0.5, 0.6) is 0 Å². The number of allylic oxidation sites excluding steroid dienone is 4. The normalized spacial score (nSPS) is 16.8. The van der Waals surface area contributed by atoms with Gasteiger partial charge in [0.2, 0.25) is 0 Å². The van der Waals surface area contributed by atoms with E-state index in [0.717, 1.165) is 6.42 Å². The first-order valence-corrected chi connectivity index (χ1v) is 2.53. The van der Waals surface area contributed by atoms with Crippen molar-refractivity contribution in [3.63, 3.8) is 0 Å². The molecule has 0 N–H and O–H groups in total. The molecule has 1 heteroatoms. The van der Waals surface area contributed by atoms with Crippen molar-refractivity contribution in [2.24, 2.45) is 0 Å². The Morgan fingerprint density at radius 2 is 2.12 bits per heavy atom. The summed E-state index contributed by atoms with van der Waals surface area (Å²) in [7, 11) is 0. The van der Waals surface area contributed by atoms with Gasteiger partial charge in [0.1, 0.15) is 0 Å². The van der Waals surface area contributed by atoms with Crippen LogP contribution in [0.25, 0.3) is 0 Å². The number of hydrogen-bond donors (Lipinski definition) is 0. The average Bonchev–Trinajstić information content (AvgIpc) is 1.87. The predicted molar refractivity (Wildman–Crippen MR) is 30.8 cm³/mol. The Balaban J connectivity index is 0.000000490. The van der Waals surface area contributed by atoms with E-state index in [0.29, 0.717) is 0 Å². The first-order valence-electron chi connectivity index (χ1n) is 2.53. The molecule has 1 aliphatic carbocycles. The van der Waals surface area contributed by atoms with Gasteiger partial charge in [-0.3, -0.25) is 6.08 Å². The largest absolute Gasteiger partial charge is 0.270 e. The maximum Gasteiger partial charge on any atom is 0 e. The fraction of sp³-hybridized carbons (Fsp3) is 0.429. The maximum atomic E-state index is 3.19. The summed E-state index contributed by atoms with van der Waals surface area (Å²) in [6.07, 6.45) is 6.41. The van der Waals surface area contributed by atoms with Gasteiger partial charge in [-0.1, -0.05) is 13.8 Å². The van der Waals surface area contributed by atoms with Crippen molar-refractivity contribution in [3.05, 3.63) is 23.3 Å². The molecule has 0 aromatic rings. The Kier molecular flexibility index (Phi) is 3.55. The van der Waals surface area contributed by atoms with E-state index in [1.165, 1.54) is 11.1 Å². The van der Waals surface area contributed by atoms with Crippen LogP contribution in [-0.2, 0) is 26.2 Å². The third-order valence-corrected chi connectivity index (χ3v) is 1.11. The smallest absolute Gasteiger partial charge is 0 e. The zero-order valence-corrected chi connectivity index (χ0v) is 7.74. The molecular weight excluding hydrogens is 175 g/mol. The van der Waals surface area contributed by atoms with Crippen molar-refractivity contribution < 1.29 is 26.2 Å². The monoisotopic (exact) mass is 183 g/mol. The molecule has 0 atom stereocenters. The van der Waals surface area contributed by atoms with Gasteiger partial charge in [-0.2, -0.15) is 5.57 Å². The molecule has 0 aromatic heterocycles. The molecule has 0 aliphatic heterocycles. The van der Waals surface area contributed by atoms with Crippen LogP contribution < -0.4 is 0 Å². The van der Waals surface area contributed by atoms with Crippen molar-refractivity contribution in [1.82, 2.24) is 0 Å². The fourth-order valence-corrected chi connectivity index (χ4v) is 0.751. The van der Waals surface area contributed by atoms with Gasteiger partial charge in [-0.05, 0) is 0 Å². The van der Waals surface area contributed by atoms with Crippen molar-refractivity contribution in [2.75, 3.05) is 0 Å². The molecule has 0 saturated carbocycles. The molecular formula is C7H9Zr-. The predicted octanol–water partition coefficient (Wildman–Crippen LogP) is 2.08. The van der Waals surface area contributed by atoms with Crippen LogP contribution >= 0.6 is 0 Å². The SMILES string of the molecule is CC1=[C-]CC(C)=C1.[Zr]. The maximum absolute atomic E-state index is 3.19. The van der Waals surface area contributed by atoms with E-state index >= 15 is 0 Å². The molecule has 0 amide bonds. The molecule has 0 heterocycles. The van der Waals surface area contributed by atoms with E-state index in [1.54, 1.807) is 0 Å². The fourth-order valence-electron chi connectivity index (χ4n) is 0.751. The minimum Gasteiger partial charge on any atom is -0.270 e. The van der Waals surface area contributed by atoms with Crippen LogP contribution in [0.15, 0.2) is 17.2 Å². The Hall–Kier alpha value is 0.363. The Bertz CT molecular complexity index is 131. The van der Waals surface area contributed by atoms with Crippen molar-refractivity contribution in [2.45, 2.75) is 20.3 Å². The van der Waals surface area contributed by atoms with Gasteiger partial charge in [0.25, 0.3) is 0 Å². The molecule has 0 fully saturated rings. The molecule has 42 valence electrons. The summed E-state index contributed by atoms with van der Waals surface area (Å²) in [4.78, 5) is 0. The Morgan fingerprint density at radius 3 is 2.25 bits per heavy atom. The van der Waals surface area contributed by atoms with Crippen LogP contribution in [0, 0.1) is 6.08 Å². The molecule has 0 bridgehead atoms. The molecule has 0 radical (unpaired) electrons. The molecule has 0 nitrogen and oxygen atoms in total. The van der Waals surface area contributed by atoms with Gasteiger partial charge >= 0.3 is 0 Å². The van der Waals surface area contributed by atoms with Gasteiger partial charge in [-0.15, -0.1) is 6.42 Å². The Morgan fingerprint density at radius 1 is 1.50 bits per heavy atom. The van der Waals surface area contributed by atoms with Gasteiger partial charge in [0.15, 0.2) is 0 Å². The van der Waals surface area contributed by atoms with E-state index in [1.807, 2.05) is 0 Å². The van der Waals surface area contributed by atoms with E-state index in [2.05, 4.69) is 26.0 Å². The average molecular weight is 184 g/mol. The first-order chi connectivity index (χ1) is 3.29. The molecule has 1 rings (SSSR count). The molecule has 0 saturated heterocycles. The topological polar surface area (TPSA) is 0 Å². The van der Waals surface area contributed by atoms with E-state index in [4.69, 9.17) is 0 Å². The second-order valence-corrected chi connectivity index (χ2v) is 2.03. The van der Waals surface area contributed by atoms with E-state index < -0.39 is 0 Å². The minimum atomic E-state index is 0. The number of hydrogen-bond acceptors (Lipinski definition) is 0. The molecule has 8 heavy (non-hydrogen) atoms. The third-order valence-electron chi connectivity index (χ3n) is 1.11. The van der Waals surface area contributed by atoms with E-state index in [-0.39, 0.29) is 26.2 Å². The summed E-state index contributed by atoms with van der Waals surface area (Å²) in [5.41, 5.74) is 2.72. The summed E-state index contributed by atoms with van der Waals surface area (Å²) < 4.78 is 0. The molecule has 0 aromatic carbocycles. The van der Waals surface area contributed by atoms with Gasteiger partial charge in [0, 0.05) is 26.2 Å². The quantitative estimate of drug-likeness (QED) is 0.506. The van der Waals surface area contributed by atoms with Crippen LogP contribution in [0.1, 0.15) is 20.3 Å². The summed E-state index contributed by atoms with van der Waals surface area (Å²) in [5, 5.41) is 0. The summed E-state index contributed by atoms with van der Waals surface area (Å²) in [5.74, 6) is 0. The molecule has 0 unspecified atom stereocenters. The Labute approximate surface area is 69.8 Å². The second-order valence-electron chi connectivity index (χ2n) is 2.03. The minimum absolute atomic E-state index is 0. The third kappa shape index (κ3) is 2.09. The van der Waals surface area contributed by atoms with E-state index in [9.17, 15) is 0 Å². The van der Waals surface area contributed by atoms with Crippen LogP contribution in [0.4, 0.5) is 0 Å². The zero-order chi connectivity index (χ0) is 5.28. The molecule has 1 aliphatic rings. The van der Waals surface area contributed by atoms with Gasteiger partial charge < -0.3 is 0 Å². The van der Waals surface area contributed by atoms with Gasteiger partial charge in [-0.25, -0.2) is 11.6 Å². The van der Waals surface area contributed by atoms with Crippen LogP contribution in [0.2, 0.25) is 0 Å². The van der Waals surface area contributed by atoms with Crippen molar-refractivity contribution in [1.29, 1.82) is 0 Å². The number of rotatable bonds is 0. The summed E-state index contributed by atoms with van der Waals surface area (Å²) in [6, 6.07) is 0. The molecule has 0 spiro atoms. The first kappa shape index (κ1) is 8.36. The van der Waals surface area contributed by atoms with Gasteiger partial charge in [0.05, 0.1) is 0 Å². The van der Waals surface area contributed by atoms with Crippen molar-refractivity contribution >= 4 is 0 Å². The standard InChI is InChI=1S/C7H9.Zr/c1-6-3-4-7(2)5-6;/h5H,3H2,1-2H3;/q-1;. The zero-order valence-electron chi connectivity index (χ0n) is 5.28. The second kappa shape index (κ2) is 3.40.